The minimum absolute atomic E-state index is 0.154. The first-order valence-electron chi connectivity index (χ1n) is 9.36. The fraction of sp³-hybridized carbons (Fsp3) is 0.0870. The Labute approximate surface area is 168 Å². The van der Waals surface area contributed by atoms with Gasteiger partial charge in [0.15, 0.2) is 0 Å². The predicted molar refractivity (Wildman–Crippen MR) is 113 cm³/mol. The molecule has 0 aliphatic rings. The van der Waals surface area contributed by atoms with Crippen LogP contribution < -0.4 is 10.6 Å². The number of fused-ring (bicyclic) bond motifs is 1. The first kappa shape index (κ1) is 18.4. The molecule has 4 aromatic rings. The van der Waals surface area contributed by atoms with E-state index >= 15 is 0 Å². The molecule has 0 saturated carbocycles. The van der Waals surface area contributed by atoms with Gasteiger partial charge in [-0.2, -0.15) is 0 Å². The second-order valence-corrected chi connectivity index (χ2v) is 6.57. The predicted octanol–water partition coefficient (Wildman–Crippen LogP) is 3.78. The van der Waals surface area contributed by atoms with E-state index in [4.69, 9.17) is 0 Å². The van der Waals surface area contributed by atoms with Crippen LogP contribution >= 0.6 is 0 Å². The largest absolute Gasteiger partial charge is 0.352 e. The third-order valence-corrected chi connectivity index (χ3v) is 4.56. The summed E-state index contributed by atoms with van der Waals surface area (Å²) < 4.78 is 2.00. The number of nitrogens with zero attached hydrogens (tertiary/aromatic N) is 2. The molecule has 2 amide bonds. The molecule has 0 aliphatic carbocycles. The highest BCUT2D eigenvalue weighted by Gasteiger charge is 2.07. The summed E-state index contributed by atoms with van der Waals surface area (Å²) in [6, 6.07) is 24.4. The van der Waals surface area contributed by atoms with E-state index in [-0.39, 0.29) is 24.8 Å². The lowest BCUT2D eigenvalue weighted by atomic mass is 10.2. The van der Waals surface area contributed by atoms with Gasteiger partial charge in [-0.05, 0) is 48.5 Å². The summed E-state index contributed by atoms with van der Waals surface area (Å²) in [5.74, 6) is -0.338. The molecule has 0 aliphatic heterocycles. The number of carbonyl (C=O) groups excluding carboxylic acids is 2. The van der Waals surface area contributed by atoms with Crippen LogP contribution in [0.2, 0.25) is 0 Å². The molecule has 6 nitrogen and oxygen atoms in total. The summed E-state index contributed by atoms with van der Waals surface area (Å²) in [5, 5.41) is 5.60. The lowest BCUT2D eigenvalue weighted by Gasteiger charge is -2.09. The zero-order chi connectivity index (χ0) is 20.1. The topological polar surface area (TPSA) is 76.0 Å². The van der Waals surface area contributed by atoms with Gasteiger partial charge in [0.05, 0.1) is 11.0 Å². The minimum atomic E-state index is -0.185. The molecule has 3 aromatic carbocycles. The fourth-order valence-electron chi connectivity index (χ4n) is 3.07. The van der Waals surface area contributed by atoms with Crippen LogP contribution in [0, 0.1) is 0 Å². The van der Waals surface area contributed by atoms with Gasteiger partial charge < -0.3 is 10.6 Å². The number of hydrogen-bond acceptors (Lipinski definition) is 3. The molecule has 1 aromatic heterocycles. The number of carbonyl (C=O) groups is 2. The molecule has 1 heterocycles. The molecular formula is C23H20N4O2. The van der Waals surface area contributed by atoms with Crippen LogP contribution in [0.5, 0.6) is 0 Å². The lowest BCUT2D eigenvalue weighted by molar-refractivity contribution is -0.116. The molecule has 2 N–H and O–H groups in total. The zero-order valence-corrected chi connectivity index (χ0v) is 15.7. The van der Waals surface area contributed by atoms with Crippen molar-refractivity contribution >= 4 is 28.5 Å². The minimum Gasteiger partial charge on any atom is -0.352 e. The van der Waals surface area contributed by atoms with E-state index in [1.165, 1.54) is 0 Å². The second-order valence-electron chi connectivity index (χ2n) is 6.57. The Bertz CT molecular complexity index is 1130. The average Bonchev–Trinajstić information content (AvgIpc) is 3.19. The van der Waals surface area contributed by atoms with Crippen LogP contribution in [0.25, 0.3) is 16.7 Å². The summed E-state index contributed by atoms with van der Waals surface area (Å²) in [4.78, 5) is 28.5. The van der Waals surface area contributed by atoms with Crippen molar-refractivity contribution in [3.63, 3.8) is 0 Å². The monoisotopic (exact) mass is 384 g/mol. The number of rotatable bonds is 6. The molecule has 0 unspecified atom stereocenters. The smallest absolute Gasteiger partial charge is 0.251 e. The van der Waals surface area contributed by atoms with Crippen molar-refractivity contribution in [3.8, 4) is 5.69 Å². The molecule has 0 saturated heterocycles. The van der Waals surface area contributed by atoms with E-state index in [1.807, 2.05) is 59.2 Å². The van der Waals surface area contributed by atoms with Crippen molar-refractivity contribution in [2.24, 2.45) is 0 Å². The number of benzene rings is 3. The van der Waals surface area contributed by atoms with Gasteiger partial charge in [0, 0.05) is 29.9 Å². The SMILES string of the molecule is O=C(CCNC(=O)c1ccccc1)Nc1ccc(-n2cnc3ccccc32)cc1. The highest BCUT2D eigenvalue weighted by molar-refractivity contribution is 5.95. The van der Waals surface area contributed by atoms with E-state index < -0.39 is 0 Å². The van der Waals surface area contributed by atoms with Gasteiger partial charge in [0.25, 0.3) is 5.91 Å². The highest BCUT2D eigenvalue weighted by Crippen LogP contribution is 2.19. The molecule has 4 rings (SSSR count). The number of nitrogens with one attached hydrogen (secondary N) is 2. The van der Waals surface area contributed by atoms with Gasteiger partial charge in [-0.3, -0.25) is 14.2 Å². The van der Waals surface area contributed by atoms with Crippen LogP contribution in [0.15, 0.2) is 85.2 Å². The third kappa shape index (κ3) is 4.32. The van der Waals surface area contributed by atoms with E-state index in [0.29, 0.717) is 11.3 Å². The van der Waals surface area contributed by atoms with Crippen molar-refractivity contribution in [2.45, 2.75) is 6.42 Å². The van der Waals surface area contributed by atoms with Crippen LogP contribution in [0.3, 0.4) is 0 Å². The Morgan fingerprint density at radius 2 is 1.59 bits per heavy atom. The first-order chi connectivity index (χ1) is 14.2. The third-order valence-electron chi connectivity index (χ3n) is 4.56. The van der Waals surface area contributed by atoms with Crippen molar-refractivity contribution in [3.05, 3.63) is 90.8 Å². The Kier molecular flexibility index (Phi) is 5.33. The normalized spacial score (nSPS) is 10.6. The van der Waals surface area contributed by atoms with Crippen LogP contribution in [0.1, 0.15) is 16.8 Å². The quantitative estimate of drug-likeness (QED) is 0.531. The van der Waals surface area contributed by atoms with E-state index in [9.17, 15) is 9.59 Å². The van der Waals surface area contributed by atoms with Gasteiger partial charge in [-0.15, -0.1) is 0 Å². The Hall–Kier alpha value is -3.93. The molecule has 29 heavy (non-hydrogen) atoms. The molecular weight excluding hydrogens is 364 g/mol. The molecule has 6 heteroatoms. The van der Waals surface area contributed by atoms with Gasteiger partial charge in [0.2, 0.25) is 5.91 Å². The van der Waals surface area contributed by atoms with Crippen molar-refractivity contribution in [2.75, 3.05) is 11.9 Å². The number of amides is 2. The van der Waals surface area contributed by atoms with Crippen molar-refractivity contribution in [1.29, 1.82) is 0 Å². The number of aromatic nitrogens is 2. The maximum atomic E-state index is 12.1. The zero-order valence-electron chi connectivity index (χ0n) is 15.7. The number of anilines is 1. The van der Waals surface area contributed by atoms with Crippen LogP contribution in [-0.2, 0) is 4.79 Å². The summed E-state index contributed by atoms with van der Waals surface area (Å²) in [6.45, 7) is 0.276. The second kappa shape index (κ2) is 8.39. The lowest BCUT2D eigenvalue weighted by Crippen LogP contribution is -2.27. The maximum Gasteiger partial charge on any atom is 0.251 e. The summed E-state index contributed by atoms with van der Waals surface area (Å²) in [7, 11) is 0. The van der Waals surface area contributed by atoms with Crippen molar-refractivity contribution < 1.29 is 9.59 Å². The molecule has 0 fully saturated rings. The fourth-order valence-corrected chi connectivity index (χ4v) is 3.07. The van der Waals surface area contributed by atoms with E-state index in [0.717, 1.165) is 16.7 Å². The molecule has 0 spiro atoms. The van der Waals surface area contributed by atoms with Gasteiger partial charge in [0.1, 0.15) is 6.33 Å². The summed E-state index contributed by atoms with van der Waals surface area (Å²) in [6.07, 6.45) is 1.99. The van der Waals surface area contributed by atoms with Crippen LogP contribution in [-0.4, -0.2) is 27.9 Å². The first-order valence-corrected chi connectivity index (χ1v) is 9.36. The van der Waals surface area contributed by atoms with Gasteiger partial charge >= 0.3 is 0 Å². The van der Waals surface area contributed by atoms with Crippen LogP contribution in [0.4, 0.5) is 5.69 Å². The Balaban J connectivity index is 1.32. The van der Waals surface area contributed by atoms with E-state index in [2.05, 4.69) is 15.6 Å². The standard InChI is InChI=1S/C23H20N4O2/c28-22(14-15-24-23(29)17-6-2-1-3-7-17)26-18-10-12-19(13-11-18)27-16-25-20-8-4-5-9-21(20)27/h1-13,16H,14-15H2,(H,24,29)(H,26,28). The number of imidazole rings is 1. The maximum absolute atomic E-state index is 12.1. The van der Waals surface area contributed by atoms with E-state index in [1.54, 1.807) is 30.6 Å². The molecule has 0 atom stereocenters. The number of para-hydroxylation sites is 2. The Morgan fingerprint density at radius 3 is 2.38 bits per heavy atom. The van der Waals surface area contributed by atoms with Gasteiger partial charge in [-0.25, -0.2) is 4.98 Å². The van der Waals surface area contributed by atoms with Gasteiger partial charge in [-0.1, -0.05) is 30.3 Å². The average molecular weight is 384 g/mol. The summed E-state index contributed by atoms with van der Waals surface area (Å²) >= 11 is 0. The Morgan fingerprint density at radius 1 is 0.862 bits per heavy atom. The highest BCUT2D eigenvalue weighted by atomic mass is 16.2. The summed E-state index contributed by atoms with van der Waals surface area (Å²) in [5.41, 5.74) is 4.21. The van der Waals surface area contributed by atoms with Crippen molar-refractivity contribution in [1.82, 2.24) is 14.9 Å². The molecule has 144 valence electrons. The molecule has 0 radical (unpaired) electrons. The number of hydrogen-bond donors (Lipinski definition) is 2. The molecule has 0 bridgehead atoms.